The van der Waals surface area contributed by atoms with Crippen LogP contribution in [0.25, 0.3) is 0 Å². The molecular formula is C21H31NO6. The van der Waals surface area contributed by atoms with Gasteiger partial charge in [0.05, 0.1) is 11.0 Å². The molecule has 0 bridgehead atoms. The van der Waals surface area contributed by atoms with Crippen LogP contribution in [0.4, 0.5) is 0 Å². The van der Waals surface area contributed by atoms with Gasteiger partial charge >= 0.3 is 17.9 Å². The number of carbonyl (C=O) groups excluding carboxylic acids is 2. The minimum absolute atomic E-state index is 0.0925. The van der Waals surface area contributed by atoms with E-state index in [-0.39, 0.29) is 5.92 Å². The molecule has 2 rings (SSSR count). The molecule has 0 spiro atoms. The largest absolute Gasteiger partial charge is 0.481 e. The molecule has 1 heterocycles. The Labute approximate surface area is 166 Å². The molecular weight excluding hydrogens is 362 g/mol. The number of esters is 2. The summed E-state index contributed by atoms with van der Waals surface area (Å²) < 4.78 is 10.2. The van der Waals surface area contributed by atoms with Gasteiger partial charge < -0.3 is 14.6 Å². The summed E-state index contributed by atoms with van der Waals surface area (Å²) in [4.78, 5) is 41.0. The standard InChI is InChI=1S/C21H31NO6/c1-12-15(18(23)24)17(14-9-7-6-8-10-14)16(13(2)22-12)19(25)27-11-28-20(26)21(3,4)5/h14-15,17H,6-11H2,1-5H3,(H,23,24). The summed E-state index contributed by atoms with van der Waals surface area (Å²) in [7, 11) is 0. The second kappa shape index (κ2) is 8.88. The molecule has 1 fully saturated rings. The van der Waals surface area contributed by atoms with Crippen LogP contribution in [-0.2, 0) is 23.9 Å². The number of nitrogens with zero attached hydrogens (tertiary/aromatic N) is 1. The van der Waals surface area contributed by atoms with Crippen LogP contribution in [0, 0.1) is 23.2 Å². The average molecular weight is 393 g/mol. The zero-order chi connectivity index (χ0) is 21.1. The number of aliphatic carboxylic acids is 1. The summed E-state index contributed by atoms with van der Waals surface area (Å²) in [6.45, 7) is 8.03. The van der Waals surface area contributed by atoms with Gasteiger partial charge in [-0.3, -0.25) is 14.6 Å². The highest BCUT2D eigenvalue weighted by Crippen LogP contribution is 2.42. The monoisotopic (exact) mass is 393 g/mol. The molecule has 0 aromatic carbocycles. The maximum absolute atomic E-state index is 12.8. The van der Waals surface area contributed by atoms with Crippen molar-refractivity contribution in [2.75, 3.05) is 6.79 Å². The third kappa shape index (κ3) is 5.00. The molecule has 7 nitrogen and oxygen atoms in total. The predicted octanol–water partition coefficient (Wildman–Crippen LogP) is 3.72. The van der Waals surface area contributed by atoms with Gasteiger partial charge in [-0.15, -0.1) is 0 Å². The zero-order valence-electron chi connectivity index (χ0n) is 17.4. The van der Waals surface area contributed by atoms with Gasteiger partial charge in [0.15, 0.2) is 0 Å². The first kappa shape index (κ1) is 22.1. The summed E-state index contributed by atoms with van der Waals surface area (Å²) in [6.07, 6.45) is 4.93. The molecule has 0 radical (unpaired) electrons. The topological polar surface area (TPSA) is 102 Å². The van der Waals surface area contributed by atoms with Crippen molar-refractivity contribution in [2.45, 2.75) is 66.7 Å². The lowest BCUT2D eigenvalue weighted by molar-refractivity contribution is -0.171. The van der Waals surface area contributed by atoms with Gasteiger partial charge in [0.1, 0.15) is 5.92 Å². The molecule has 1 N–H and O–H groups in total. The van der Waals surface area contributed by atoms with Crippen molar-refractivity contribution >= 4 is 23.6 Å². The highest BCUT2D eigenvalue weighted by molar-refractivity contribution is 6.05. The molecule has 1 aliphatic carbocycles. The van der Waals surface area contributed by atoms with Crippen molar-refractivity contribution < 1.29 is 29.0 Å². The molecule has 7 heteroatoms. The van der Waals surface area contributed by atoms with Crippen molar-refractivity contribution in [1.82, 2.24) is 0 Å². The number of hydrogen-bond donors (Lipinski definition) is 1. The first-order valence-electron chi connectivity index (χ1n) is 9.87. The second-order valence-corrected chi connectivity index (χ2v) is 8.72. The van der Waals surface area contributed by atoms with E-state index >= 15 is 0 Å². The number of ether oxygens (including phenoxy) is 2. The Morgan fingerprint density at radius 3 is 2.21 bits per heavy atom. The third-order valence-electron chi connectivity index (χ3n) is 5.51. The van der Waals surface area contributed by atoms with Crippen LogP contribution in [0.1, 0.15) is 66.7 Å². The Kier molecular flexibility index (Phi) is 7.01. The molecule has 2 aliphatic rings. The van der Waals surface area contributed by atoms with Crippen LogP contribution in [0.5, 0.6) is 0 Å². The summed E-state index contributed by atoms with van der Waals surface area (Å²) in [5, 5.41) is 9.81. The molecule has 1 saturated carbocycles. The van der Waals surface area contributed by atoms with Crippen LogP contribution in [0.15, 0.2) is 16.3 Å². The van der Waals surface area contributed by atoms with Gasteiger partial charge in [-0.2, -0.15) is 0 Å². The van der Waals surface area contributed by atoms with E-state index in [0.29, 0.717) is 17.0 Å². The number of allylic oxidation sites excluding steroid dienone is 1. The van der Waals surface area contributed by atoms with Gasteiger partial charge in [0.25, 0.3) is 0 Å². The Hall–Kier alpha value is -2.18. The molecule has 0 aromatic rings. The van der Waals surface area contributed by atoms with E-state index in [1.165, 1.54) is 0 Å². The van der Waals surface area contributed by atoms with E-state index in [9.17, 15) is 19.5 Å². The van der Waals surface area contributed by atoms with Crippen molar-refractivity contribution in [1.29, 1.82) is 0 Å². The van der Waals surface area contributed by atoms with Crippen LogP contribution in [-0.4, -0.2) is 35.5 Å². The third-order valence-corrected chi connectivity index (χ3v) is 5.51. The van der Waals surface area contributed by atoms with Crippen LogP contribution >= 0.6 is 0 Å². The van der Waals surface area contributed by atoms with E-state index in [0.717, 1.165) is 32.1 Å². The minimum atomic E-state index is -0.978. The molecule has 2 unspecified atom stereocenters. The van der Waals surface area contributed by atoms with E-state index in [2.05, 4.69) is 4.99 Å². The van der Waals surface area contributed by atoms with E-state index in [1.54, 1.807) is 34.6 Å². The smallest absolute Gasteiger partial charge is 0.339 e. The molecule has 2 atom stereocenters. The average Bonchev–Trinajstić information content (AvgIpc) is 2.60. The van der Waals surface area contributed by atoms with Crippen molar-refractivity contribution in [2.24, 2.45) is 28.2 Å². The number of carboxylic acids is 1. The van der Waals surface area contributed by atoms with E-state index < -0.39 is 42.0 Å². The summed E-state index contributed by atoms with van der Waals surface area (Å²) >= 11 is 0. The van der Waals surface area contributed by atoms with Crippen LogP contribution in [0.2, 0.25) is 0 Å². The summed E-state index contributed by atoms with van der Waals surface area (Å²) in [6, 6.07) is 0. The summed E-state index contributed by atoms with van der Waals surface area (Å²) in [5.74, 6) is -3.33. The fourth-order valence-electron chi connectivity index (χ4n) is 4.11. The Morgan fingerprint density at radius 1 is 1.07 bits per heavy atom. The molecule has 0 amide bonds. The number of aliphatic imine (C=N–C) groups is 1. The molecule has 28 heavy (non-hydrogen) atoms. The lowest BCUT2D eigenvalue weighted by Gasteiger charge is -2.37. The fourth-order valence-corrected chi connectivity index (χ4v) is 4.11. The van der Waals surface area contributed by atoms with Crippen molar-refractivity contribution in [3.63, 3.8) is 0 Å². The summed E-state index contributed by atoms with van der Waals surface area (Å²) in [5.41, 5.74) is 0.595. The van der Waals surface area contributed by atoms with Gasteiger partial charge in [-0.05, 0) is 53.4 Å². The number of carbonyl (C=O) groups is 3. The molecule has 1 aliphatic heterocycles. The lowest BCUT2D eigenvalue weighted by atomic mass is 9.68. The normalized spacial score (nSPS) is 23.8. The fraction of sp³-hybridized carbons (Fsp3) is 0.714. The Balaban J connectivity index is 2.23. The van der Waals surface area contributed by atoms with Crippen molar-refractivity contribution in [3.8, 4) is 0 Å². The van der Waals surface area contributed by atoms with Gasteiger partial charge in [-0.25, -0.2) is 4.79 Å². The highest BCUT2D eigenvalue weighted by atomic mass is 16.7. The van der Waals surface area contributed by atoms with Crippen LogP contribution in [0.3, 0.4) is 0 Å². The predicted molar refractivity (Wildman–Crippen MR) is 104 cm³/mol. The van der Waals surface area contributed by atoms with Gasteiger partial charge in [0.2, 0.25) is 6.79 Å². The Bertz CT molecular complexity index is 694. The number of carboxylic acid groups (broad SMARTS) is 1. The van der Waals surface area contributed by atoms with Gasteiger partial charge in [-0.1, -0.05) is 19.3 Å². The van der Waals surface area contributed by atoms with Gasteiger partial charge in [0, 0.05) is 17.3 Å². The molecule has 0 aromatic heterocycles. The number of hydrogen-bond acceptors (Lipinski definition) is 6. The second-order valence-electron chi connectivity index (χ2n) is 8.72. The van der Waals surface area contributed by atoms with E-state index in [1.807, 2.05) is 0 Å². The minimum Gasteiger partial charge on any atom is -0.481 e. The maximum atomic E-state index is 12.8. The SMILES string of the molecule is CC1=NC(C)=C(C(=O)OCOC(=O)C(C)(C)C)C(C2CCCCC2)C1C(=O)O. The molecule has 0 saturated heterocycles. The Morgan fingerprint density at radius 2 is 1.68 bits per heavy atom. The lowest BCUT2D eigenvalue weighted by Crippen LogP contribution is -2.41. The highest BCUT2D eigenvalue weighted by Gasteiger charge is 2.44. The van der Waals surface area contributed by atoms with Crippen molar-refractivity contribution in [3.05, 3.63) is 11.3 Å². The zero-order valence-corrected chi connectivity index (χ0v) is 17.4. The molecule has 156 valence electrons. The first-order chi connectivity index (χ1) is 13.0. The first-order valence-corrected chi connectivity index (χ1v) is 9.87. The quantitative estimate of drug-likeness (QED) is 0.564. The van der Waals surface area contributed by atoms with E-state index in [4.69, 9.17) is 9.47 Å². The number of rotatable bonds is 5. The van der Waals surface area contributed by atoms with Crippen LogP contribution < -0.4 is 0 Å². The maximum Gasteiger partial charge on any atom is 0.339 e.